The summed E-state index contributed by atoms with van der Waals surface area (Å²) in [4.78, 5) is 31.8. The second-order valence-electron chi connectivity index (χ2n) is 7.91. The van der Waals surface area contributed by atoms with E-state index in [1.54, 1.807) is 12.3 Å². The Morgan fingerprint density at radius 3 is 2.03 bits per heavy atom. The molecule has 1 saturated heterocycles. The van der Waals surface area contributed by atoms with Crippen molar-refractivity contribution in [1.29, 1.82) is 0 Å². The molecule has 164 valence electrons. The first kappa shape index (κ1) is 22.1. The molecular weight excluding hydrogens is 418 g/mol. The predicted octanol–water partition coefficient (Wildman–Crippen LogP) is 4.70. The normalized spacial score (nSPS) is 14.4. The average Bonchev–Trinajstić information content (AvgIpc) is 3.38. The third kappa shape index (κ3) is 5.37. The maximum atomic E-state index is 13.0. The summed E-state index contributed by atoms with van der Waals surface area (Å²) < 4.78 is 0. The van der Waals surface area contributed by atoms with Crippen molar-refractivity contribution in [2.45, 2.75) is 36.1 Å². The smallest absolute Gasteiger partial charge is 0.255 e. The van der Waals surface area contributed by atoms with Crippen molar-refractivity contribution in [1.82, 2.24) is 15.2 Å². The van der Waals surface area contributed by atoms with Crippen LogP contribution in [0.15, 0.2) is 84.0 Å². The van der Waals surface area contributed by atoms with E-state index in [1.807, 2.05) is 78.6 Å². The van der Waals surface area contributed by atoms with Crippen LogP contribution in [0.1, 0.15) is 47.3 Å². The van der Waals surface area contributed by atoms with Crippen LogP contribution in [0.2, 0.25) is 0 Å². The van der Waals surface area contributed by atoms with Gasteiger partial charge in [-0.15, -0.1) is 0 Å². The highest BCUT2D eigenvalue weighted by molar-refractivity contribution is 8.00. The summed E-state index contributed by atoms with van der Waals surface area (Å²) >= 11 is 1.39. The summed E-state index contributed by atoms with van der Waals surface area (Å²) in [6.07, 6.45) is 3.74. The highest BCUT2D eigenvalue weighted by atomic mass is 32.2. The number of hydrogen-bond acceptors (Lipinski definition) is 4. The maximum absolute atomic E-state index is 13.0. The molecule has 6 heteroatoms. The number of thioether (sulfide) groups is 1. The Morgan fingerprint density at radius 2 is 1.50 bits per heavy atom. The third-order valence-corrected chi connectivity index (χ3v) is 6.65. The fourth-order valence-electron chi connectivity index (χ4n) is 3.82. The SMILES string of the molecule is CC(Sc1ccc(C(=O)N2CCCC2)cn1)C(=O)NC(c1ccccc1)c1ccccc1. The van der Waals surface area contributed by atoms with Gasteiger partial charge in [-0.1, -0.05) is 72.4 Å². The van der Waals surface area contributed by atoms with Gasteiger partial charge in [0.2, 0.25) is 5.91 Å². The van der Waals surface area contributed by atoms with Gasteiger partial charge in [0.25, 0.3) is 5.91 Å². The molecule has 1 aromatic heterocycles. The molecule has 3 aromatic rings. The van der Waals surface area contributed by atoms with Gasteiger partial charge in [-0.25, -0.2) is 4.98 Å². The monoisotopic (exact) mass is 445 g/mol. The summed E-state index contributed by atoms with van der Waals surface area (Å²) in [7, 11) is 0. The molecule has 4 rings (SSSR count). The van der Waals surface area contributed by atoms with Crippen molar-refractivity contribution in [3.8, 4) is 0 Å². The molecular formula is C26H27N3O2S. The van der Waals surface area contributed by atoms with Crippen molar-refractivity contribution in [2.24, 2.45) is 0 Å². The van der Waals surface area contributed by atoms with Crippen molar-refractivity contribution in [2.75, 3.05) is 13.1 Å². The van der Waals surface area contributed by atoms with E-state index in [9.17, 15) is 9.59 Å². The number of likely N-dealkylation sites (tertiary alicyclic amines) is 1. The van der Waals surface area contributed by atoms with Crippen molar-refractivity contribution >= 4 is 23.6 Å². The lowest BCUT2D eigenvalue weighted by molar-refractivity contribution is -0.120. The molecule has 2 heterocycles. The topological polar surface area (TPSA) is 62.3 Å². The zero-order valence-corrected chi connectivity index (χ0v) is 18.9. The molecule has 1 unspecified atom stereocenters. The fraction of sp³-hybridized carbons (Fsp3) is 0.269. The van der Waals surface area contributed by atoms with Crippen molar-refractivity contribution in [3.63, 3.8) is 0 Å². The van der Waals surface area contributed by atoms with Gasteiger partial charge in [0.15, 0.2) is 0 Å². The highest BCUT2D eigenvalue weighted by Gasteiger charge is 2.23. The van der Waals surface area contributed by atoms with Crippen LogP contribution in [-0.4, -0.2) is 40.0 Å². The average molecular weight is 446 g/mol. The first-order chi connectivity index (χ1) is 15.6. The van der Waals surface area contributed by atoms with Gasteiger partial charge >= 0.3 is 0 Å². The van der Waals surface area contributed by atoms with Crippen LogP contribution in [-0.2, 0) is 4.79 Å². The number of rotatable bonds is 7. The quantitative estimate of drug-likeness (QED) is 0.535. The van der Waals surface area contributed by atoms with Gasteiger partial charge in [0.1, 0.15) is 0 Å². The fourth-order valence-corrected chi connectivity index (χ4v) is 4.62. The lowest BCUT2D eigenvalue weighted by atomic mass is 9.98. The molecule has 1 aliphatic heterocycles. The van der Waals surface area contributed by atoms with Crippen LogP contribution < -0.4 is 5.32 Å². The van der Waals surface area contributed by atoms with Gasteiger partial charge in [0.05, 0.1) is 21.9 Å². The van der Waals surface area contributed by atoms with Crippen LogP contribution in [0.25, 0.3) is 0 Å². The van der Waals surface area contributed by atoms with E-state index in [0.717, 1.165) is 42.1 Å². The highest BCUT2D eigenvalue weighted by Crippen LogP contribution is 2.26. The number of carbonyl (C=O) groups excluding carboxylic acids is 2. The molecule has 1 N–H and O–H groups in total. The van der Waals surface area contributed by atoms with E-state index in [1.165, 1.54) is 11.8 Å². The number of benzene rings is 2. The maximum Gasteiger partial charge on any atom is 0.255 e. The lowest BCUT2D eigenvalue weighted by Gasteiger charge is -2.22. The number of hydrogen-bond donors (Lipinski definition) is 1. The molecule has 1 atom stereocenters. The Balaban J connectivity index is 1.42. The number of amides is 2. The summed E-state index contributed by atoms with van der Waals surface area (Å²) in [6.45, 7) is 3.51. The second-order valence-corrected chi connectivity index (χ2v) is 9.27. The van der Waals surface area contributed by atoms with Crippen LogP contribution >= 0.6 is 11.8 Å². The molecule has 0 saturated carbocycles. The minimum Gasteiger partial charge on any atom is -0.344 e. The lowest BCUT2D eigenvalue weighted by Crippen LogP contribution is -2.35. The van der Waals surface area contributed by atoms with Crippen LogP contribution in [0.4, 0.5) is 0 Å². The van der Waals surface area contributed by atoms with Gasteiger partial charge in [-0.2, -0.15) is 0 Å². The minimum atomic E-state index is -0.336. The molecule has 1 fully saturated rings. The second kappa shape index (κ2) is 10.5. The molecule has 32 heavy (non-hydrogen) atoms. The van der Waals surface area contributed by atoms with E-state index in [2.05, 4.69) is 10.3 Å². The molecule has 0 radical (unpaired) electrons. The number of aromatic nitrogens is 1. The van der Waals surface area contributed by atoms with E-state index in [4.69, 9.17) is 0 Å². The van der Waals surface area contributed by atoms with E-state index < -0.39 is 0 Å². The number of carbonyl (C=O) groups is 2. The van der Waals surface area contributed by atoms with E-state index in [0.29, 0.717) is 5.56 Å². The summed E-state index contributed by atoms with van der Waals surface area (Å²) in [6, 6.07) is 23.3. The number of nitrogens with zero attached hydrogens (tertiary/aromatic N) is 2. The molecule has 0 spiro atoms. The summed E-state index contributed by atoms with van der Waals surface area (Å²) in [5, 5.41) is 3.58. The Bertz CT molecular complexity index is 996. The Hall–Kier alpha value is -3.12. The van der Waals surface area contributed by atoms with Crippen LogP contribution in [0.3, 0.4) is 0 Å². The van der Waals surface area contributed by atoms with Crippen molar-refractivity contribution in [3.05, 3.63) is 95.7 Å². The first-order valence-corrected chi connectivity index (χ1v) is 11.8. The van der Waals surface area contributed by atoms with Crippen molar-refractivity contribution < 1.29 is 9.59 Å². The van der Waals surface area contributed by atoms with Gasteiger partial charge in [-0.05, 0) is 43.0 Å². The van der Waals surface area contributed by atoms with Gasteiger partial charge in [-0.3, -0.25) is 9.59 Å². The number of pyridine rings is 1. The molecule has 0 bridgehead atoms. The Labute approximate surface area is 193 Å². The summed E-state index contributed by atoms with van der Waals surface area (Å²) in [5.74, 6) is -0.0300. The molecule has 0 aliphatic carbocycles. The van der Waals surface area contributed by atoms with E-state index in [-0.39, 0.29) is 23.1 Å². The summed E-state index contributed by atoms with van der Waals surface area (Å²) in [5.41, 5.74) is 2.67. The van der Waals surface area contributed by atoms with Gasteiger partial charge in [0, 0.05) is 19.3 Å². The molecule has 5 nitrogen and oxygen atoms in total. The standard InChI is InChI=1S/C26H27N3O2S/c1-19(32-23-15-14-22(18-27-23)26(31)29-16-8-9-17-29)25(30)28-24(20-10-4-2-5-11-20)21-12-6-3-7-13-21/h2-7,10-15,18-19,24H,8-9,16-17H2,1H3,(H,28,30). The predicted molar refractivity (Wildman–Crippen MR) is 128 cm³/mol. The number of nitrogens with one attached hydrogen (secondary N) is 1. The molecule has 1 aliphatic rings. The largest absolute Gasteiger partial charge is 0.344 e. The first-order valence-electron chi connectivity index (χ1n) is 10.9. The minimum absolute atomic E-state index is 0.0332. The zero-order valence-electron chi connectivity index (χ0n) is 18.1. The molecule has 2 amide bonds. The van der Waals surface area contributed by atoms with E-state index >= 15 is 0 Å². The molecule has 2 aromatic carbocycles. The van der Waals surface area contributed by atoms with Crippen LogP contribution in [0, 0.1) is 0 Å². The van der Waals surface area contributed by atoms with Gasteiger partial charge < -0.3 is 10.2 Å². The van der Waals surface area contributed by atoms with Crippen LogP contribution in [0.5, 0.6) is 0 Å². The Kier molecular flexibility index (Phi) is 7.22. The zero-order chi connectivity index (χ0) is 22.3. The third-order valence-electron chi connectivity index (χ3n) is 5.60. The Morgan fingerprint density at radius 1 is 0.906 bits per heavy atom.